The molecule has 110 valence electrons. The summed E-state index contributed by atoms with van der Waals surface area (Å²) in [6.45, 7) is 4.81. The van der Waals surface area contributed by atoms with E-state index in [1.807, 2.05) is 13.0 Å². The first-order valence-corrected chi connectivity index (χ1v) is 9.04. The maximum Gasteiger partial charge on any atom is 0.252 e. The third kappa shape index (κ3) is 3.38. The molecule has 1 aliphatic heterocycles. The molecule has 0 aliphatic carbocycles. The van der Waals surface area contributed by atoms with Crippen LogP contribution in [-0.4, -0.2) is 38.9 Å². The minimum Gasteiger partial charge on any atom is -0.317 e. The molecule has 2 rings (SSSR count). The molecular formula is C13H19N3O2S2. The van der Waals surface area contributed by atoms with Gasteiger partial charge in [-0.1, -0.05) is 6.92 Å². The lowest BCUT2D eigenvalue weighted by molar-refractivity contribution is 0.294. The second-order valence-electron chi connectivity index (χ2n) is 4.88. The Labute approximate surface area is 124 Å². The molecule has 1 aromatic rings. The lowest BCUT2D eigenvalue weighted by Gasteiger charge is -2.28. The highest BCUT2D eigenvalue weighted by Gasteiger charge is 2.27. The van der Waals surface area contributed by atoms with E-state index in [9.17, 15) is 8.42 Å². The van der Waals surface area contributed by atoms with Gasteiger partial charge >= 0.3 is 0 Å². The van der Waals surface area contributed by atoms with E-state index >= 15 is 0 Å². The maximum atomic E-state index is 12.6. The fourth-order valence-corrected chi connectivity index (χ4v) is 5.18. The van der Waals surface area contributed by atoms with Gasteiger partial charge in [0.1, 0.15) is 15.2 Å². The normalized spacial score (nSPS) is 17.2. The number of hydrogen-bond donors (Lipinski definition) is 1. The predicted molar refractivity (Wildman–Crippen MR) is 79.1 cm³/mol. The van der Waals surface area contributed by atoms with Gasteiger partial charge in [0, 0.05) is 13.1 Å². The van der Waals surface area contributed by atoms with Gasteiger partial charge in [-0.05, 0) is 44.0 Å². The molecule has 2 heterocycles. The Bertz CT molecular complexity index is 583. The van der Waals surface area contributed by atoms with Crippen molar-refractivity contribution < 1.29 is 8.42 Å². The molecule has 0 spiro atoms. The van der Waals surface area contributed by atoms with Crippen molar-refractivity contribution in [3.63, 3.8) is 0 Å². The first-order chi connectivity index (χ1) is 9.57. The Morgan fingerprint density at radius 1 is 1.45 bits per heavy atom. The zero-order chi connectivity index (χ0) is 14.6. The molecule has 1 aliphatic rings. The quantitative estimate of drug-likeness (QED) is 0.896. The van der Waals surface area contributed by atoms with Gasteiger partial charge in [0.15, 0.2) is 0 Å². The van der Waals surface area contributed by atoms with E-state index in [1.54, 1.807) is 6.07 Å². The molecule has 1 N–H and O–H groups in total. The Balaban J connectivity index is 2.14. The number of nitriles is 1. The van der Waals surface area contributed by atoms with Gasteiger partial charge in [-0.3, -0.25) is 0 Å². The minimum atomic E-state index is -3.46. The van der Waals surface area contributed by atoms with Crippen molar-refractivity contribution in [3.05, 3.63) is 17.0 Å². The van der Waals surface area contributed by atoms with Crippen molar-refractivity contribution >= 4 is 21.4 Å². The zero-order valence-electron chi connectivity index (χ0n) is 11.5. The molecule has 1 aromatic heterocycles. The summed E-state index contributed by atoms with van der Waals surface area (Å²) in [7, 11) is -3.46. The molecule has 0 atom stereocenters. The number of nitrogens with zero attached hydrogens (tertiary/aromatic N) is 2. The van der Waals surface area contributed by atoms with Crippen LogP contribution in [0.2, 0.25) is 0 Å². The molecule has 0 amide bonds. The minimum absolute atomic E-state index is 0.268. The van der Waals surface area contributed by atoms with Crippen LogP contribution in [-0.2, 0) is 10.0 Å². The first-order valence-electron chi connectivity index (χ1n) is 6.78. The van der Waals surface area contributed by atoms with Crippen molar-refractivity contribution in [2.75, 3.05) is 26.2 Å². The number of nitrogens with one attached hydrogen (secondary N) is 1. The second kappa shape index (κ2) is 6.68. The van der Waals surface area contributed by atoms with Crippen molar-refractivity contribution in [2.45, 2.75) is 24.0 Å². The van der Waals surface area contributed by atoms with E-state index in [2.05, 4.69) is 5.32 Å². The lowest BCUT2D eigenvalue weighted by Crippen LogP contribution is -2.39. The summed E-state index contributed by atoms with van der Waals surface area (Å²) in [5.74, 6) is 0.418. The summed E-state index contributed by atoms with van der Waals surface area (Å²) >= 11 is 1.04. The molecular weight excluding hydrogens is 294 g/mol. The highest BCUT2D eigenvalue weighted by atomic mass is 32.2. The van der Waals surface area contributed by atoms with Gasteiger partial charge in [0.25, 0.3) is 10.0 Å². The summed E-state index contributed by atoms with van der Waals surface area (Å²) < 4.78 is 27.0. The number of piperidine rings is 1. The number of hydrogen-bond acceptors (Lipinski definition) is 5. The third-order valence-corrected chi connectivity index (χ3v) is 6.96. The van der Waals surface area contributed by atoms with Crippen LogP contribution in [0.25, 0.3) is 0 Å². The summed E-state index contributed by atoms with van der Waals surface area (Å²) in [6.07, 6.45) is 2.03. The van der Waals surface area contributed by atoms with Gasteiger partial charge in [-0.15, -0.1) is 11.3 Å². The first kappa shape index (κ1) is 15.4. The van der Waals surface area contributed by atoms with Crippen molar-refractivity contribution in [1.82, 2.24) is 9.62 Å². The Hall–Kier alpha value is -0.940. The number of sulfonamides is 1. The molecule has 20 heavy (non-hydrogen) atoms. The topological polar surface area (TPSA) is 73.2 Å². The van der Waals surface area contributed by atoms with Crippen LogP contribution in [0.15, 0.2) is 16.3 Å². The average molecular weight is 313 g/mol. The molecule has 0 bridgehead atoms. The average Bonchev–Trinajstić information content (AvgIpc) is 2.95. The van der Waals surface area contributed by atoms with Gasteiger partial charge in [-0.25, -0.2) is 8.42 Å². The van der Waals surface area contributed by atoms with E-state index in [1.165, 1.54) is 10.4 Å². The van der Waals surface area contributed by atoms with Crippen molar-refractivity contribution in [2.24, 2.45) is 5.92 Å². The monoisotopic (exact) mass is 313 g/mol. The van der Waals surface area contributed by atoms with E-state index in [0.717, 1.165) is 37.3 Å². The van der Waals surface area contributed by atoms with Crippen LogP contribution >= 0.6 is 11.3 Å². The van der Waals surface area contributed by atoms with E-state index in [4.69, 9.17) is 5.26 Å². The third-order valence-electron chi connectivity index (χ3n) is 3.56. The summed E-state index contributed by atoms with van der Waals surface area (Å²) in [6, 6.07) is 5.08. The molecule has 0 saturated carbocycles. The molecule has 1 fully saturated rings. The van der Waals surface area contributed by atoms with E-state index in [-0.39, 0.29) is 4.21 Å². The molecule has 0 aromatic carbocycles. The van der Waals surface area contributed by atoms with Gasteiger partial charge < -0.3 is 5.32 Å². The summed E-state index contributed by atoms with van der Waals surface area (Å²) in [5, 5.41) is 12.1. The van der Waals surface area contributed by atoms with Crippen LogP contribution in [0.3, 0.4) is 0 Å². The SMILES string of the molecule is CCN(CC1CCNCC1)S(=O)(=O)c1ccc(C#N)s1. The summed E-state index contributed by atoms with van der Waals surface area (Å²) in [5.41, 5.74) is 0. The van der Waals surface area contributed by atoms with Crippen LogP contribution in [0.5, 0.6) is 0 Å². The van der Waals surface area contributed by atoms with Gasteiger partial charge in [0.2, 0.25) is 0 Å². The highest BCUT2D eigenvalue weighted by Crippen LogP contribution is 2.26. The number of thiophene rings is 1. The summed E-state index contributed by atoms with van der Waals surface area (Å²) in [4.78, 5) is 0.432. The van der Waals surface area contributed by atoms with Crippen molar-refractivity contribution in [3.8, 4) is 6.07 Å². The van der Waals surface area contributed by atoms with Crippen molar-refractivity contribution in [1.29, 1.82) is 5.26 Å². The second-order valence-corrected chi connectivity index (χ2v) is 8.13. The predicted octanol–water partition coefficient (Wildman–Crippen LogP) is 1.63. The van der Waals surface area contributed by atoms with Crippen LogP contribution in [0, 0.1) is 17.2 Å². The Kier molecular flexibility index (Phi) is 5.16. The molecule has 1 saturated heterocycles. The van der Waals surface area contributed by atoms with Crippen LogP contribution < -0.4 is 5.32 Å². The maximum absolute atomic E-state index is 12.6. The standard InChI is InChI=1S/C13H19N3O2S2/c1-2-16(10-11-5-7-15-8-6-11)20(17,18)13-4-3-12(9-14)19-13/h3-4,11,15H,2,5-8,10H2,1H3. The van der Waals surface area contributed by atoms with E-state index in [0.29, 0.717) is 23.9 Å². The van der Waals surface area contributed by atoms with Crippen LogP contribution in [0.4, 0.5) is 0 Å². The lowest BCUT2D eigenvalue weighted by atomic mass is 9.98. The largest absolute Gasteiger partial charge is 0.317 e. The smallest absolute Gasteiger partial charge is 0.252 e. The number of rotatable bonds is 5. The Morgan fingerprint density at radius 3 is 2.70 bits per heavy atom. The molecule has 7 heteroatoms. The fraction of sp³-hybridized carbons (Fsp3) is 0.615. The molecule has 0 radical (unpaired) electrons. The zero-order valence-corrected chi connectivity index (χ0v) is 13.1. The van der Waals surface area contributed by atoms with Crippen LogP contribution in [0.1, 0.15) is 24.6 Å². The molecule has 0 unspecified atom stereocenters. The highest BCUT2D eigenvalue weighted by molar-refractivity contribution is 7.91. The fourth-order valence-electron chi connectivity index (χ4n) is 2.40. The Morgan fingerprint density at radius 2 is 2.15 bits per heavy atom. The van der Waals surface area contributed by atoms with Gasteiger partial charge in [-0.2, -0.15) is 9.57 Å². The van der Waals surface area contributed by atoms with E-state index < -0.39 is 10.0 Å². The van der Waals surface area contributed by atoms with Gasteiger partial charge in [0.05, 0.1) is 0 Å². The molecule has 5 nitrogen and oxygen atoms in total.